The van der Waals surface area contributed by atoms with E-state index < -0.39 is 0 Å². The first kappa shape index (κ1) is 51.0. The number of anilines is 9. The molecular weight excluding hydrogens is 930 g/mol. The second-order valence-electron chi connectivity index (χ2n) is 28.2. The zero-order chi connectivity index (χ0) is 54.5. The van der Waals surface area contributed by atoms with Gasteiger partial charge in [0.15, 0.2) is 0 Å². The topological polar surface area (TPSA) is 9.72 Å². The quantitative estimate of drug-likeness (QED) is 0.154. The van der Waals surface area contributed by atoms with Crippen LogP contribution in [0.25, 0.3) is 11.1 Å². The van der Waals surface area contributed by atoms with Gasteiger partial charge in [-0.1, -0.05) is 176 Å². The van der Waals surface area contributed by atoms with Crippen molar-refractivity contribution in [2.45, 2.75) is 163 Å². The number of para-hydroxylation sites is 2. The van der Waals surface area contributed by atoms with Crippen LogP contribution in [0.2, 0.25) is 0 Å². The van der Waals surface area contributed by atoms with Gasteiger partial charge in [0, 0.05) is 51.1 Å². The lowest BCUT2D eigenvalue weighted by atomic mass is 9.33. The SMILES string of the molecule is Cc1cc2c3c(c1)N(c1ccc(C(C)(C)C)cc1-c1ccc4c(c1)C(C)(C)CCC4(C)C)c1cc4c(cc1B3c1cc(N(c3ccccc3)c3ccccc3)ccc1N2c1cc(C(C)(C)C)ccc1C)C(C)(C)CC4(C)C. The third kappa shape index (κ3) is 8.29. The van der Waals surface area contributed by atoms with Gasteiger partial charge in [0.2, 0.25) is 0 Å². The standard InChI is InChI=1S/C73H80BN3/c1-46-37-65-67-66(38-46)77(63-41-50(69(6,7)8)29-27-47(63)2)62-34-31-53(75(51-23-19-17-20-24-51)52-25-21-18-22-26-52)42-59(62)74(67)60-43-57-58(73(15,16)45-72(57,13)14)44-64(60)76(65)61-33-30-49(68(3,4)5)40-54(61)48-28-32-55-56(39-48)71(11,12)36-35-70(55,9)10/h17-34,37-44H,35-36,45H2,1-16H3. The summed E-state index contributed by atoms with van der Waals surface area (Å²) in [6.07, 6.45) is 3.45. The maximum atomic E-state index is 2.72. The molecule has 390 valence electrons. The fourth-order valence-electron chi connectivity index (χ4n) is 14.3. The Hall–Kier alpha value is -6.78. The molecule has 4 aliphatic rings. The number of nitrogens with zero attached hydrogens (tertiary/aromatic N) is 3. The summed E-state index contributed by atoms with van der Waals surface area (Å²) in [6.45, 7) is 38.4. The van der Waals surface area contributed by atoms with E-state index in [-0.39, 0.29) is 39.2 Å². The molecule has 0 radical (unpaired) electrons. The van der Waals surface area contributed by atoms with E-state index in [0.29, 0.717) is 0 Å². The summed E-state index contributed by atoms with van der Waals surface area (Å²) in [5, 5.41) is 0. The average molecular weight is 1010 g/mol. The van der Waals surface area contributed by atoms with Crippen LogP contribution in [0.1, 0.15) is 161 Å². The van der Waals surface area contributed by atoms with Gasteiger partial charge in [-0.3, -0.25) is 0 Å². The number of hydrogen-bond acceptors (Lipinski definition) is 3. The van der Waals surface area contributed by atoms with E-state index in [4.69, 9.17) is 0 Å². The molecule has 3 nitrogen and oxygen atoms in total. The molecule has 8 aromatic carbocycles. The van der Waals surface area contributed by atoms with Crippen LogP contribution < -0.4 is 31.1 Å². The number of hydrogen-bond donors (Lipinski definition) is 0. The molecule has 0 saturated heterocycles. The van der Waals surface area contributed by atoms with E-state index in [2.05, 4.69) is 283 Å². The number of aryl methyl sites for hydroxylation is 2. The molecule has 0 spiro atoms. The molecule has 12 rings (SSSR count). The lowest BCUT2D eigenvalue weighted by Gasteiger charge is -2.46. The highest BCUT2D eigenvalue weighted by Gasteiger charge is 2.49. The average Bonchev–Trinajstić information content (AvgIpc) is 3.74. The maximum Gasteiger partial charge on any atom is 0.252 e. The van der Waals surface area contributed by atoms with Crippen molar-refractivity contribution in [3.63, 3.8) is 0 Å². The monoisotopic (exact) mass is 1010 g/mol. The first-order valence-corrected chi connectivity index (χ1v) is 28.6. The van der Waals surface area contributed by atoms with Crippen molar-refractivity contribution in [3.05, 3.63) is 202 Å². The number of fused-ring (bicyclic) bond motifs is 6. The fourth-order valence-corrected chi connectivity index (χ4v) is 14.3. The van der Waals surface area contributed by atoms with E-state index >= 15 is 0 Å². The Morgan fingerprint density at radius 1 is 0.416 bits per heavy atom. The first-order valence-electron chi connectivity index (χ1n) is 28.6. The van der Waals surface area contributed by atoms with Crippen molar-refractivity contribution in [1.29, 1.82) is 0 Å². The van der Waals surface area contributed by atoms with E-state index in [1.807, 2.05) is 0 Å². The molecule has 2 aliphatic carbocycles. The van der Waals surface area contributed by atoms with Gasteiger partial charge in [0.1, 0.15) is 0 Å². The van der Waals surface area contributed by atoms with Gasteiger partial charge in [-0.05, 0) is 211 Å². The molecule has 0 fully saturated rings. The van der Waals surface area contributed by atoms with Crippen LogP contribution in [0.5, 0.6) is 0 Å². The zero-order valence-electron chi connectivity index (χ0n) is 49.1. The summed E-state index contributed by atoms with van der Waals surface area (Å²) in [7, 11) is 0. The Morgan fingerprint density at radius 2 is 0.935 bits per heavy atom. The lowest BCUT2D eigenvalue weighted by molar-refractivity contribution is 0.332. The molecule has 0 N–H and O–H groups in total. The van der Waals surface area contributed by atoms with Crippen molar-refractivity contribution in [1.82, 2.24) is 0 Å². The predicted molar refractivity (Wildman–Crippen MR) is 333 cm³/mol. The normalized spacial score (nSPS) is 17.3. The zero-order valence-corrected chi connectivity index (χ0v) is 49.1. The smallest absolute Gasteiger partial charge is 0.252 e. The molecule has 4 heteroatoms. The highest BCUT2D eigenvalue weighted by Crippen LogP contribution is 2.55. The van der Waals surface area contributed by atoms with E-state index in [9.17, 15) is 0 Å². The third-order valence-corrected chi connectivity index (χ3v) is 18.5. The predicted octanol–water partition coefficient (Wildman–Crippen LogP) is 18.4. The molecule has 8 aromatic rings. The molecule has 0 unspecified atom stereocenters. The molecule has 0 bridgehead atoms. The van der Waals surface area contributed by atoms with Crippen molar-refractivity contribution in [2.75, 3.05) is 14.7 Å². The summed E-state index contributed by atoms with van der Waals surface area (Å²) in [5.41, 5.74) is 28.7. The molecule has 0 saturated carbocycles. The van der Waals surface area contributed by atoms with Crippen molar-refractivity contribution in [2.24, 2.45) is 0 Å². The van der Waals surface area contributed by atoms with Crippen LogP contribution in [0.3, 0.4) is 0 Å². The highest BCUT2D eigenvalue weighted by atomic mass is 15.2. The minimum Gasteiger partial charge on any atom is -0.311 e. The molecule has 2 aliphatic heterocycles. The molecule has 0 amide bonds. The van der Waals surface area contributed by atoms with Gasteiger partial charge < -0.3 is 14.7 Å². The van der Waals surface area contributed by atoms with E-state index in [0.717, 1.165) is 23.5 Å². The van der Waals surface area contributed by atoms with Crippen LogP contribution in [-0.2, 0) is 32.5 Å². The summed E-state index contributed by atoms with van der Waals surface area (Å²) in [5.74, 6) is 0. The molecule has 77 heavy (non-hydrogen) atoms. The van der Waals surface area contributed by atoms with Crippen molar-refractivity contribution in [3.8, 4) is 11.1 Å². The Bertz CT molecular complexity index is 3630. The molecular formula is C73H80BN3. The second-order valence-corrected chi connectivity index (χ2v) is 28.2. The molecule has 2 heterocycles. The van der Waals surface area contributed by atoms with Gasteiger partial charge in [-0.25, -0.2) is 0 Å². The first-order chi connectivity index (χ1) is 36.2. The third-order valence-electron chi connectivity index (χ3n) is 18.5. The summed E-state index contributed by atoms with van der Waals surface area (Å²) in [4.78, 5) is 7.80. The van der Waals surface area contributed by atoms with Crippen LogP contribution in [0.15, 0.2) is 158 Å². The lowest BCUT2D eigenvalue weighted by Crippen LogP contribution is -2.61. The number of rotatable bonds is 6. The largest absolute Gasteiger partial charge is 0.311 e. The maximum absolute atomic E-state index is 2.72. The highest BCUT2D eigenvalue weighted by molar-refractivity contribution is 7.00. The van der Waals surface area contributed by atoms with E-state index in [1.165, 1.54) is 119 Å². The van der Waals surface area contributed by atoms with Gasteiger partial charge in [-0.2, -0.15) is 0 Å². The van der Waals surface area contributed by atoms with Crippen LogP contribution in [0, 0.1) is 13.8 Å². The fraction of sp³-hybridized carbons (Fsp3) is 0.342. The van der Waals surface area contributed by atoms with Crippen LogP contribution >= 0.6 is 0 Å². The van der Waals surface area contributed by atoms with Crippen LogP contribution in [-0.4, -0.2) is 6.71 Å². The molecule has 0 atom stereocenters. The van der Waals surface area contributed by atoms with E-state index in [1.54, 1.807) is 0 Å². The second kappa shape index (κ2) is 17.4. The Morgan fingerprint density at radius 3 is 1.55 bits per heavy atom. The minimum atomic E-state index is -0.0635. The Balaban J connectivity index is 1.20. The minimum absolute atomic E-state index is 0.00832. The van der Waals surface area contributed by atoms with Gasteiger partial charge in [0.05, 0.1) is 5.69 Å². The van der Waals surface area contributed by atoms with Gasteiger partial charge in [0.25, 0.3) is 6.71 Å². The van der Waals surface area contributed by atoms with Crippen LogP contribution in [0.4, 0.5) is 51.2 Å². The Labute approximate surface area is 462 Å². The molecule has 0 aromatic heterocycles. The Kier molecular flexibility index (Phi) is 11.5. The van der Waals surface area contributed by atoms with Crippen molar-refractivity contribution < 1.29 is 0 Å². The van der Waals surface area contributed by atoms with Crippen molar-refractivity contribution >= 4 is 74.3 Å². The summed E-state index contributed by atoms with van der Waals surface area (Å²) in [6, 6.07) is 61.7. The van der Waals surface area contributed by atoms with Gasteiger partial charge >= 0.3 is 0 Å². The van der Waals surface area contributed by atoms with Gasteiger partial charge in [-0.15, -0.1) is 0 Å². The summed E-state index contributed by atoms with van der Waals surface area (Å²) < 4.78 is 0. The number of benzene rings is 8. The summed E-state index contributed by atoms with van der Waals surface area (Å²) >= 11 is 0.